The molecule has 1 N–H and O–H groups in total. The molecule has 0 bridgehead atoms. The van der Waals surface area contributed by atoms with E-state index >= 15 is 0 Å². The lowest BCUT2D eigenvalue weighted by Crippen LogP contribution is -2.27. The zero-order chi connectivity index (χ0) is 28.6. The largest absolute Gasteiger partial charge is 0.487 e. The van der Waals surface area contributed by atoms with Crippen LogP contribution in [0, 0.1) is 5.92 Å². The molecule has 210 valence electrons. The second-order valence-corrected chi connectivity index (χ2v) is 10.5. The first kappa shape index (κ1) is 26.8. The number of pyridine rings is 1. The van der Waals surface area contributed by atoms with Gasteiger partial charge in [-0.15, -0.1) is 0 Å². The summed E-state index contributed by atoms with van der Waals surface area (Å²) in [6, 6.07) is 22.4. The number of para-hydroxylation sites is 1. The van der Waals surface area contributed by atoms with Gasteiger partial charge >= 0.3 is 12.1 Å². The Kier molecular flexibility index (Phi) is 7.11. The van der Waals surface area contributed by atoms with Gasteiger partial charge in [-0.1, -0.05) is 49.2 Å². The number of alkyl halides is 3. The SMILES string of the molecule is O=C(O)C1CCCCC1c1nc2cc(OCc3ccc4ccccc4n3)ccc2n1Cc1cccc(C(F)(F)F)c1. The van der Waals surface area contributed by atoms with Crippen molar-refractivity contribution >= 4 is 27.9 Å². The van der Waals surface area contributed by atoms with Crippen LogP contribution in [0.25, 0.3) is 21.9 Å². The monoisotopic (exact) mass is 559 g/mol. The number of halogens is 3. The van der Waals surface area contributed by atoms with E-state index in [1.165, 1.54) is 6.07 Å². The number of rotatable bonds is 7. The number of hydrogen-bond acceptors (Lipinski definition) is 4. The summed E-state index contributed by atoms with van der Waals surface area (Å²) in [6.07, 6.45) is -1.57. The summed E-state index contributed by atoms with van der Waals surface area (Å²) in [6.45, 7) is 0.387. The Morgan fingerprint density at radius 1 is 0.927 bits per heavy atom. The fourth-order valence-corrected chi connectivity index (χ4v) is 5.78. The minimum Gasteiger partial charge on any atom is -0.487 e. The number of ether oxygens (including phenoxy) is 1. The molecule has 0 aliphatic heterocycles. The van der Waals surface area contributed by atoms with E-state index in [1.54, 1.807) is 18.2 Å². The Bertz CT molecular complexity index is 1730. The second kappa shape index (κ2) is 10.9. The van der Waals surface area contributed by atoms with E-state index in [-0.39, 0.29) is 19.1 Å². The van der Waals surface area contributed by atoms with E-state index in [2.05, 4.69) is 4.98 Å². The van der Waals surface area contributed by atoms with Crippen molar-refractivity contribution in [1.29, 1.82) is 0 Å². The topological polar surface area (TPSA) is 77.2 Å². The summed E-state index contributed by atoms with van der Waals surface area (Å²) in [5, 5.41) is 11.0. The molecule has 0 radical (unpaired) electrons. The molecule has 6 nitrogen and oxygen atoms in total. The number of carbonyl (C=O) groups is 1. The van der Waals surface area contributed by atoms with Gasteiger partial charge in [0.15, 0.2) is 0 Å². The van der Waals surface area contributed by atoms with E-state index in [9.17, 15) is 23.1 Å². The number of aliphatic carboxylic acids is 1. The Morgan fingerprint density at radius 2 is 1.76 bits per heavy atom. The highest BCUT2D eigenvalue weighted by molar-refractivity contribution is 5.79. The Hall–Kier alpha value is -4.40. The van der Waals surface area contributed by atoms with E-state index in [1.807, 2.05) is 47.0 Å². The number of benzene rings is 3. The first-order valence-electron chi connectivity index (χ1n) is 13.6. The molecule has 2 atom stereocenters. The van der Waals surface area contributed by atoms with Crippen molar-refractivity contribution < 1.29 is 27.8 Å². The maximum Gasteiger partial charge on any atom is 0.416 e. The molecule has 1 aliphatic carbocycles. The van der Waals surface area contributed by atoms with Gasteiger partial charge in [-0.3, -0.25) is 4.79 Å². The van der Waals surface area contributed by atoms with Crippen LogP contribution in [0.3, 0.4) is 0 Å². The molecule has 1 fully saturated rings. The first-order chi connectivity index (χ1) is 19.8. The summed E-state index contributed by atoms with van der Waals surface area (Å²) in [5.74, 6) is -0.667. The van der Waals surface area contributed by atoms with Gasteiger partial charge in [0.05, 0.1) is 33.7 Å². The minimum absolute atomic E-state index is 0.139. The Labute approximate surface area is 234 Å². The molecule has 3 aromatic carbocycles. The predicted octanol–water partition coefficient (Wildman–Crippen LogP) is 7.59. The molecule has 2 unspecified atom stereocenters. The number of nitrogens with zero attached hydrogens (tertiary/aromatic N) is 3. The van der Waals surface area contributed by atoms with Crippen LogP contribution >= 0.6 is 0 Å². The van der Waals surface area contributed by atoms with Crippen molar-refractivity contribution in [3.63, 3.8) is 0 Å². The van der Waals surface area contributed by atoms with Crippen LogP contribution in [0.1, 0.15) is 54.2 Å². The molecule has 9 heteroatoms. The molecule has 2 heterocycles. The highest BCUT2D eigenvalue weighted by Crippen LogP contribution is 2.40. The quantitative estimate of drug-likeness (QED) is 0.222. The van der Waals surface area contributed by atoms with Gasteiger partial charge in [0.2, 0.25) is 0 Å². The van der Waals surface area contributed by atoms with Gasteiger partial charge < -0.3 is 14.4 Å². The molecule has 2 aromatic heterocycles. The minimum atomic E-state index is -4.46. The van der Waals surface area contributed by atoms with E-state index in [0.29, 0.717) is 41.0 Å². The lowest BCUT2D eigenvalue weighted by Gasteiger charge is -2.28. The number of carboxylic acids is 1. The van der Waals surface area contributed by atoms with Gasteiger partial charge in [-0.05, 0) is 54.8 Å². The molecule has 1 aliphatic rings. The summed E-state index contributed by atoms with van der Waals surface area (Å²) in [5.41, 5.74) is 2.70. The lowest BCUT2D eigenvalue weighted by molar-refractivity contribution is -0.143. The number of imidazole rings is 1. The molecule has 0 saturated heterocycles. The normalized spacial score (nSPS) is 17.6. The Balaban J connectivity index is 1.35. The van der Waals surface area contributed by atoms with E-state index in [0.717, 1.165) is 41.6 Å². The standard InChI is InChI=1S/C32H28F3N3O3/c33-32(34,35)22-8-5-6-20(16-22)18-38-29-15-14-24(41-19-23-13-12-21-7-1-4-11-27(21)36-23)17-28(29)37-30(38)25-9-2-3-10-26(25)31(39)40/h1,4-8,11-17,25-26H,2-3,9-10,18-19H2,(H,39,40). The van der Waals surface area contributed by atoms with Crippen molar-refractivity contribution in [2.24, 2.45) is 5.92 Å². The molecule has 6 rings (SSSR count). The summed E-state index contributed by atoms with van der Waals surface area (Å²) in [4.78, 5) is 21.7. The molecule has 1 saturated carbocycles. The van der Waals surface area contributed by atoms with Gasteiger partial charge in [0.25, 0.3) is 0 Å². The third kappa shape index (κ3) is 5.62. The molecule has 0 spiro atoms. The van der Waals surface area contributed by atoms with Gasteiger partial charge in [-0.2, -0.15) is 13.2 Å². The number of hydrogen-bond donors (Lipinski definition) is 1. The zero-order valence-electron chi connectivity index (χ0n) is 22.1. The highest BCUT2D eigenvalue weighted by Gasteiger charge is 2.36. The van der Waals surface area contributed by atoms with Gasteiger partial charge in [0, 0.05) is 23.9 Å². The van der Waals surface area contributed by atoms with Gasteiger partial charge in [-0.25, -0.2) is 9.97 Å². The van der Waals surface area contributed by atoms with Crippen molar-refractivity contribution in [1.82, 2.24) is 14.5 Å². The second-order valence-electron chi connectivity index (χ2n) is 10.5. The first-order valence-corrected chi connectivity index (χ1v) is 13.6. The van der Waals surface area contributed by atoms with Crippen LogP contribution in [0.4, 0.5) is 13.2 Å². The third-order valence-electron chi connectivity index (χ3n) is 7.80. The van der Waals surface area contributed by atoms with E-state index < -0.39 is 23.6 Å². The number of carboxylic acid groups (broad SMARTS) is 1. The molecule has 0 amide bonds. The smallest absolute Gasteiger partial charge is 0.416 e. The van der Waals surface area contributed by atoms with Crippen molar-refractivity contribution in [3.8, 4) is 5.75 Å². The zero-order valence-corrected chi connectivity index (χ0v) is 22.1. The summed E-state index contributed by atoms with van der Waals surface area (Å²) >= 11 is 0. The highest BCUT2D eigenvalue weighted by atomic mass is 19.4. The number of fused-ring (bicyclic) bond motifs is 2. The van der Waals surface area contributed by atoms with Crippen LogP contribution in [0.2, 0.25) is 0 Å². The maximum absolute atomic E-state index is 13.4. The van der Waals surface area contributed by atoms with Crippen molar-refractivity contribution in [2.45, 2.75) is 50.9 Å². The van der Waals surface area contributed by atoms with Gasteiger partial charge in [0.1, 0.15) is 18.2 Å². The number of aromatic nitrogens is 3. The maximum atomic E-state index is 13.4. The van der Waals surface area contributed by atoms with Crippen LogP contribution < -0.4 is 4.74 Å². The van der Waals surface area contributed by atoms with Crippen LogP contribution in [0.15, 0.2) is 78.9 Å². The molecule has 5 aromatic rings. The van der Waals surface area contributed by atoms with Crippen LogP contribution in [-0.4, -0.2) is 25.6 Å². The average molecular weight is 560 g/mol. The molecular weight excluding hydrogens is 531 g/mol. The molecule has 41 heavy (non-hydrogen) atoms. The van der Waals surface area contributed by atoms with Crippen molar-refractivity contribution in [3.05, 3.63) is 102 Å². The lowest BCUT2D eigenvalue weighted by atomic mass is 9.78. The predicted molar refractivity (Wildman–Crippen MR) is 149 cm³/mol. The Morgan fingerprint density at radius 3 is 2.59 bits per heavy atom. The van der Waals surface area contributed by atoms with Crippen LogP contribution in [-0.2, 0) is 24.1 Å². The van der Waals surface area contributed by atoms with E-state index in [4.69, 9.17) is 9.72 Å². The average Bonchev–Trinajstić information content (AvgIpc) is 3.32. The fraction of sp³-hybridized carbons (Fsp3) is 0.281. The molecular formula is C32H28F3N3O3. The third-order valence-corrected chi connectivity index (χ3v) is 7.80. The summed E-state index contributed by atoms with van der Waals surface area (Å²) in [7, 11) is 0. The van der Waals surface area contributed by atoms with Crippen LogP contribution in [0.5, 0.6) is 5.75 Å². The fourth-order valence-electron chi connectivity index (χ4n) is 5.78. The van der Waals surface area contributed by atoms with Crippen molar-refractivity contribution in [2.75, 3.05) is 0 Å². The summed E-state index contributed by atoms with van der Waals surface area (Å²) < 4.78 is 48.2.